The van der Waals surface area contributed by atoms with E-state index in [0.29, 0.717) is 18.1 Å². The third kappa shape index (κ3) is 4.25. The van der Waals surface area contributed by atoms with Crippen molar-refractivity contribution in [3.63, 3.8) is 0 Å². The fourth-order valence-corrected chi connectivity index (χ4v) is 3.72. The molecule has 1 fully saturated rings. The second-order valence-electron chi connectivity index (χ2n) is 7.52. The Balaban J connectivity index is 1.75. The van der Waals surface area contributed by atoms with E-state index in [9.17, 15) is 8.78 Å². The first kappa shape index (κ1) is 18.9. The number of hydrogen-bond donors (Lipinski definition) is 0. The summed E-state index contributed by atoms with van der Waals surface area (Å²) in [4.78, 5) is 0. The molecule has 140 valence electrons. The fourth-order valence-electron chi connectivity index (χ4n) is 3.72. The highest BCUT2D eigenvalue weighted by molar-refractivity contribution is 5.65. The zero-order valence-electron chi connectivity index (χ0n) is 15.7. The van der Waals surface area contributed by atoms with Crippen LogP contribution in [0.2, 0.25) is 0 Å². The van der Waals surface area contributed by atoms with Gasteiger partial charge in [-0.05, 0) is 54.4 Å². The first-order valence-corrected chi connectivity index (χ1v) is 9.81. The summed E-state index contributed by atoms with van der Waals surface area (Å²) in [5.74, 6) is -0.327. The summed E-state index contributed by atoms with van der Waals surface area (Å²) in [6.45, 7) is 4.74. The maximum Gasteiger partial charge on any atom is 0.201 e. The van der Waals surface area contributed by atoms with Crippen LogP contribution in [0, 0.1) is 17.6 Å². The van der Waals surface area contributed by atoms with Crippen LogP contribution in [0.15, 0.2) is 36.4 Å². The van der Waals surface area contributed by atoms with Gasteiger partial charge in [-0.25, -0.2) is 4.39 Å². The van der Waals surface area contributed by atoms with Gasteiger partial charge in [0.2, 0.25) is 5.82 Å². The summed E-state index contributed by atoms with van der Waals surface area (Å²) >= 11 is 0. The van der Waals surface area contributed by atoms with Gasteiger partial charge in [0.1, 0.15) is 0 Å². The Hall–Kier alpha value is -1.90. The van der Waals surface area contributed by atoms with E-state index >= 15 is 0 Å². The normalized spacial score (nSPS) is 20.2. The topological polar surface area (TPSA) is 9.23 Å². The lowest BCUT2D eigenvalue weighted by atomic mass is 9.79. The Morgan fingerprint density at radius 3 is 2.27 bits per heavy atom. The third-order valence-corrected chi connectivity index (χ3v) is 5.51. The van der Waals surface area contributed by atoms with Crippen LogP contribution in [0.5, 0.6) is 5.75 Å². The van der Waals surface area contributed by atoms with Crippen LogP contribution in [0.3, 0.4) is 0 Å². The minimum Gasteiger partial charge on any atom is -0.490 e. The van der Waals surface area contributed by atoms with Gasteiger partial charge < -0.3 is 4.74 Å². The number of benzene rings is 2. The van der Waals surface area contributed by atoms with Gasteiger partial charge >= 0.3 is 0 Å². The molecular weight excluding hydrogens is 330 g/mol. The first-order chi connectivity index (χ1) is 12.6. The fraction of sp³-hybridized carbons (Fsp3) is 0.478. The van der Waals surface area contributed by atoms with Gasteiger partial charge in [0, 0.05) is 5.56 Å². The summed E-state index contributed by atoms with van der Waals surface area (Å²) < 4.78 is 34.1. The molecule has 0 radical (unpaired) electrons. The lowest BCUT2D eigenvalue weighted by Crippen LogP contribution is -2.10. The van der Waals surface area contributed by atoms with Crippen molar-refractivity contribution in [2.45, 2.75) is 58.3 Å². The van der Waals surface area contributed by atoms with E-state index in [-0.39, 0.29) is 11.3 Å². The molecule has 2 aromatic carbocycles. The molecular formula is C23H28F2O. The molecule has 3 rings (SSSR count). The van der Waals surface area contributed by atoms with Gasteiger partial charge in [0.15, 0.2) is 11.6 Å². The Labute approximate surface area is 155 Å². The third-order valence-electron chi connectivity index (χ3n) is 5.51. The van der Waals surface area contributed by atoms with E-state index in [1.807, 2.05) is 19.1 Å². The Morgan fingerprint density at radius 2 is 1.62 bits per heavy atom. The van der Waals surface area contributed by atoms with Crippen LogP contribution < -0.4 is 4.74 Å². The average molecular weight is 358 g/mol. The Morgan fingerprint density at radius 1 is 0.923 bits per heavy atom. The maximum atomic E-state index is 14.5. The summed E-state index contributed by atoms with van der Waals surface area (Å²) in [7, 11) is 0. The predicted molar refractivity (Wildman–Crippen MR) is 103 cm³/mol. The molecule has 1 aliphatic rings. The van der Waals surface area contributed by atoms with E-state index in [2.05, 4.69) is 19.1 Å². The standard InChI is InChI=1S/C23H28F2O/c1-3-4-15-26-21-14-13-20(22(24)23(21)25)19-11-9-18(10-12-19)17-7-5-16(2)6-8-17/h9-14,16-17H,3-8,15H2,1-2H3. The molecule has 0 unspecified atom stereocenters. The van der Waals surface area contributed by atoms with Crippen molar-refractivity contribution in [1.29, 1.82) is 0 Å². The van der Waals surface area contributed by atoms with Crippen LogP contribution in [0.1, 0.15) is 63.9 Å². The average Bonchev–Trinajstić information content (AvgIpc) is 2.66. The highest BCUT2D eigenvalue weighted by atomic mass is 19.2. The molecule has 0 amide bonds. The first-order valence-electron chi connectivity index (χ1n) is 9.81. The molecule has 26 heavy (non-hydrogen) atoms. The van der Waals surface area contributed by atoms with E-state index in [0.717, 1.165) is 18.8 Å². The summed E-state index contributed by atoms with van der Waals surface area (Å²) in [6.07, 6.45) is 6.75. The van der Waals surface area contributed by atoms with Gasteiger partial charge in [-0.1, -0.05) is 57.4 Å². The van der Waals surface area contributed by atoms with Crippen molar-refractivity contribution < 1.29 is 13.5 Å². The monoisotopic (exact) mass is 358 g/mol. The Kier molecular flexibility index (Phi) is 6.29. The molecule has 1 aliphatic carbocycles. The number of halogens is 2. The molecule has 0 atom stereocenters. The van der Waals surface area contributed by atoms with Crippen molar-refractivity contribution in [2.75, 3.05) is 6.61 Å². The minimum atomic E-state index is -0.899. The molecule has 0 saturated heterocycles. The number of unbranched alkanes of at least 4 members (excludes halogenated alkanes) is 1. The Bertz CT molecular complexity index is 716. The van der Waals surface area contributed by atoms with Crippen molar-refractivity contribution in [3.8, 4) is 16.9 Å². The zero-order chi connectivity index (χ0) is 18.5. The molecule has 2 aromatic rings. The van der Waals surface area contributed by atoms with Crippen molar-refractivity contribution >= 4 is 0 Å². The summed E-state index contributed by atoms with van der Waals surface area (Å²) in [6, 6.07) is 11.1. The highest BCUT2D eigenvalue weighted by Gasteiger charge is 2.20. The van der Waals surface area contributed by atoms with Crippen LogP contribution in [0.4, 0.5) is 8.78 Å². The van der Waals surface area contributed by atoms with Gasteiger partial charge in [-0.2, -0.15) is 4.39 Å². The smallest absolute Gasteiger partial charge is 0.201 e. The van der Waals surface area contributed by atoms with Gasteiger partial charge in [0.05, 0.1) is 6.61 Å². The molecule has 0 N–H and O–H groups in total. The lowest BCUT2D eigenvalue weighted by molar-refractivity contribution is 0.289. The molecule has 1 saturated carbocycles. The van der Waals surface area contributed by atoms with E-state index in [1.54, 1.807) is 6.07 Å². The van der Waals surface area contributed by atoms with E-state index in [1.165, 1.54) is 37.3 Å². The molecule has 0 bridgehead atoms. The summed E-state index contributed by atoms with van der Waals surface area (Å²) in [5, 5.41) is 0. The summed E-state index contributed by atoms with van der Waals surface area (Å²) in [5.41, 5.74) is 2.30. The molecule has 1 nitrogen and oxygen atoms in total. The van der Waals surface area contributed by atoms with Crippen molar-refractivity contribution in [2.24, 2.45) is 5.92 Å². The van der Waals surface area contributed by atoms with Crippen molar-refractivity contribution in [3.05, 3.63) is 53.6 Å². The molecule has 3 heteroatoms. The van der Waals surface area contributed by atoms with Gasteiger partial charge in [-0.3, -0.25) is 0 Å². The number of rotatable bonds is 6. The molecule has 0 aromatic heterocycles. The molecule has 0 spiro atoms. The van der Waals surface area contributed by atoms with Gasteiger partial charge in [-0.15, -0.1) is 0 Å². The maximum absolute atomic E-state index is 14.5. The largest absolute Gasteiger partial charge is 0.490 e. The van der Waals surface area contributed by atoms with Gasteiger partial charge in [0.25, 0.3) is 0 Å². The zero-order valence-corrected chi connectivity index (χ0v) is 15.7. The molecule has 0 aliphatic heterocycles. The second kappa shape index (κ2) is 8.66. The van der Waals surface area contributed by atoms with E-state index < -0.39 is 11.6 Å². The second-order valence-corrected chi connectivity index (χ2v) is 7.52. The predicted octanol–water partition coefficient (Wildman–Crippen LogP) is 7.10. The minimum absolute atomic E-state index is 0.00681. The van der Waals surface area contributed by atoms with Crippen LogP contribution in [0.25, 0.3) is 11.1 Å². The lowest BCUT2D eigenvalue weighted by Gasteiger charge is -2.26. The highest BCUT2D eigenvalue weighted by Crippen LogP contribution is 2.37. The SMILES string of the molecule is CCCCOc1ccc(-c2ccc(C3CCC(C)CC3)cc2)c(F)c1F. The van der Waals surface area contributed by atoms with Crippen molar-refractivity contribution in [1.82, 2.24) is 0 Å². The number of ether oxygens (including phenoxy) is 1. The quantitative estimate of drug-likeness (QED) is 0.500. The van der Waals surface area contributed by atoms with Crippen LogP contribution >= 0.6 is 0 Å². The van der Waals surface area contributed by atoms with Crippen LogP contribution in [-0.2, 0) is 0 Å². The number of hydrogen-bond acceptors (Lipinski definition) is 1. The molecule has 0 heterocycles. The van der Waals surface area contributed by atoms with E-state index in [4.69, 9.17) is 4.74 Å². The van der Waals surface area contributed by atoms with Crippen LogP contribution in [-0.4, -0.2) is 6.61 Å².